The Morgan fingerprint density at radius 2 is 2.22 bits per heavy atom. The molecule has 0 spiro atoms. The van der Waals surface area contributed by atoms with Crippen molar-refractivity contribution in [2.45, 2.75) is 25.9 Å². The lowest BCUT2D eigenvalue weighted by molar-refractivity contribution is -0.124. The van der Waals surface area contributed by atoms with Crippen molar-refractivity contribution in [3.05, 3.63) is 52.1 Å². The SMILES string of the molecule is CCc1nc(CNC(=O)C2CSCN2C(=O)c2c[nH]c3ccccc23)cs1. The number of benzene rings is 1. The van der Waals surface area contributed by atoms with Gasteiger partial charge in [0.25, 0.3) is 5.91 Å². The van der Waals surface area contributed by atoms with Gasteiger partial charge in [0.15, 0.2) is 0 Å². The van der Waals surface area contributed by atoms with Gasteiger partial charge in [-0.05, 0) is 12.5 Å². The molecule has 8 heteroatoms. The summed E-state index contributed by atoms with van der Waals surface area (Å²) in [7, 11) is 0. The van der Waals surface area contributed by atoms with Crippen molar-refractivity contribution in [3.63, 3.8) is 0 Å². The van der Waals surface area contributed by atoms with Crippen LogP contribution in [0.1, 0.15) is 28.0 Å². The fourth-order valence-corrected chi connectivity index (χ4v) is 5.05. The summed E-state index contributed by atoms with van der Waals surface area (Å²) >= 11 is 3.20. The van der Waals surface area contributed by atoms with Crippen molar-refractivity contribution in [1.29, 1.82) is 0 Å². The van der Waals surface area contributed by atoms with E-state index in [1.165, 1.54) is 0 Å². The molecule has 1 unspecified atom stereocenters. The number of aromatic amines is 1. The van der Waals surface area contributed by atoms with Crippen LogP contribution in [0.2, 0.25) is 0 Å². The molecule has 2 aromatic heterocycles. The molecule has 2 N–H and O–H groups in total. The van der Waals surface area contributed by atoms with E-state index in [2.05, 4.69) is 22.2 Å². The van der Waals surface area contributed by atoms with Crippen LogP contribution in [0.15, 0.2) is 35.8 Å². The van der Waals surface area contributed by atoms with Gasteiger partial charge in [0.2, 0.25) is 5.91 Å². The molecular formula is C19H20N4O2S2. The molecule has 3 heterocycles. The van der Waals surface area contributed by atoms with Crippen LogP contribution in [0.5, 0.6) is 0 Å². The number of H-pyrrole nitrogens is 1. The summed E-state index contributed by atoms with van der Waals surface area (Å²) in [5.41, 5.74) is 2.40. The molecule has 0 radical (unpaired) electrons. The summed E-state index contributed by atoms with van der Waals surface area (Å²) in [6.45, 7) is 2.46. The van der Waals surface area contributed by atoms with Crippen LogP contribution in [0.3, 0.4) is 0 Å². The molecule has 3 aromatic rings. The smallest absolute Gasteiger partial charge is 0.257 e. The first kappa shape index (κ1) is 18.1. The number of carbonyl (C=O) groups is 2. The van der Waals surface area contributed by atoms with Crippen molar-refractivity contribution in [2.75, 3.05) is 11.6 Å². The van der Waals surface area contributed by atoms with Crippen molar-refractivity contribution in [3.8, 4) is 0 Å². The molecule has 4 rings (SSSR count). The second-order valence-electron chi connectivity index (χ2n) is 6.34. The van der Waals surface area contributed by atoms with Crippen LogP contribution in [-0.2, 0) is 17.8 Å². The number of rotatable bonds is 5. The fraction of sp³-hybridized carbons (Fsp3) is 0.316. The number of aromatic nitrogens is 2. The minimum atomic E-state index is -0.458. The van der Waals surface area contributed by atoms with Crippen LogP contribution in [0.4, 0.5) is 0 Å². The number of fused-ring (bicyclic) bond motifs is 1. The Morgan fingerprint density at radius 1 is 1.37 bits per heavy atom. The van der Waals surface area contributed by atoms with E-state index >= 15 is 0 Å². The van der Waals surface area contributed by atoms with E-state index in [1.807, 2.05) is 29.6 Å². The number of para-hydroxylation sites is 1. The first-order valence-corrected chi connectivity index (χ1v) is 10.9. The van der Waals surface area contributed by atoms with E-state index in [4.69, 9.17) is 0 Å². The highest BCUT2D eigenvalue weighted by atomic mass is 32.2. The minimum absolute atomic E-state index is 0.112. The van der Waals surface area contributed by atoms with Gasteiger partial charge in [-0.15, -0.1) is 23.1 Å². The minimum Gasteiger partial charge on any atom is -0.360 e. The second-order valence-corrected chi connectivity index (χ2v) is 8.28. The number of hydrogen-bond acceptors (Lipinski definition) is 5. The Bertz CT molecular complexity index is 981. The van der Waals surface area contributed by atoms with E-state index in [1.54, 1.807) is 34.2 Å². The van der Waals surface area contributed by atoms with Crippen molar-refractivity contribution < 1.29 is 9.59 Å². The molecule has 1 atom stereocenters. The number of thioether (sulfide) groups is 1. The third kappa shape index (κ3) is 3.59. The zero-order chi connectivity index (χ0) is 18.8. The number of nitrogens with one attached hydrogen (secondary N) is 2. The lowest BCUT2D eigenvalue weighted by Crippen LogP contribution is -2.47. The van der Waals surface area contributed by atoms with E-state index in [-0.39, 0.29) is 11.8 Å². The summed E-state index contributed by atoms with van der Waals surface area (Å²) < 4.78 is 0. The second kappa shape index (κ2) is 7.74. The molecule has 1 aliphatic heterocycles. The first-order chi connectivity index (χ1) is 13.2. The maximum Gasteiger partial charge on any atom is 0.257 e. The summed E-state index contributed by atoms with van der Waals surface area (Å²) in [4.78, 5) is 35.0. The topological polar surface area (TPSA) is 78.1 Å². The maximum absolute atomic E-state index is 13.1. The van der Waals surface area contributed by atoms with Crippen LogP contribution in [-0.4, -0.2) is 44.4 Å². The van der Waals surface area contributed by atoms with Crippen molar-refractivity contribution in [1.82, 2.24) is 20.2 Å². The molecule has 1 fully saturated rings. The molecule has 1 saturated heterocycles. The Hall–Kier alpha value is -2.32. The van der Waals surface area contributed by atoms with Gasteiger partial charge in [-0.1, -0.05) is 25.1 Å². The molecule has 6 nitrogen and oxygen atoms in total. The standard InChI is InChI=1S/C19H20N4O2S2/c1-2-17-22-12(9-27-17)7-21-18(24)16-10-26-11-23(16)19(25)14-8-20-15-6-4-3-5-13(14)15/h3-6,8-9,16,20H,2,7,10-11H2,1H3,(H,21,24). The summed E-state index contributed by atoms with van der Waals surface area (Å²) in [5, 5.41) is 6.85. The van der Waals surface area contributed by atoms with E-state index in [9.17, 15) is 9.59 Å². The van der Waals surface area contributed by atoms with Gasteiger partial charge < -0.3 is 15.2 Å². The molecule has 0 saturated carbocycles. The quantitative estimate of drug-likeness (QED) is 0.690. The van der Waals surface area contributed by atoms with Gasteiger partial charge in [-0.25, -0.2) is 4.98 Å². The lowest BCUT2D eigenvalue weighted by atomic mass is 10.1. The number of aryl methyl sites for hydroxylation is 1. The molecule has 0 bridgehead atoms. The molecule has 1 aromatic carbocycles. The Balaban J connectivity index is 1.46. The van der Waals surface area contributed by atoms with Crippen molar-refractivity contribution >= 4 is 45.8 Å². The van der Waals surface area contributed by atoms with E-state index in [0.29, 0.717) is 23.7 Å². The molecule has 1 aliphatic rings. The Kier molecular flexibility index (Phi) is 5.18. The average Bonchev–Trinajstić information content (AvgIpc) is 3.44. The van der Waals surface area contributed by atoms with Crippen LogP contribution >= 0.6 is 23.1 Å². The van der Waals surface area contributed by atoms with Crippen LogP contribution in [0, 0.1) is 0 Å². The predicted molar refractivity (Wildman–Crippen MR) is 109 cm³/mol. The van der Waals surface area contributed by atoms with Gasteiger partial charge in [0, 0.05) is 28.2 Å². The number of amides is 2. The van der Waals surface area contributed by atoms with Crippen LogP contribution in [0.25, 0.3) is 10.9 Å². The molecular weight excluding hydrogens is 380 g/mol. The largest absolute Gasteiger partial charge is 0.360 e. The maximum atomic E-state index is 13.1. The van der Waals surface area contributed by atoms with Crippen LogP contribution < -0.4 is 5.32 Å². The van der Waals surface area contributed by atoms with Gasteiger partial charge >= 0.3 is 0 Å². The summed E-state index contributed by atoms with van der Waals surface area (Å²) in [6.07, 6.45) is 2.62. The number of carbonyl (C=O) groups excluding carboxylic acids is 2. The Labute approximate surface area is 165 Å². The summed E-state index contributed by atoms with van der Waals surface area (Å²) in [5.74, 6) is 0.892. The molecule has 27 heavy (non-hydrogen) atoms. The number of thiazole rings is 1. The summed E-state index contributed by atoms with van der Waals surface area (Å²) in [6, 6.07) is 7.24. The van der Waals surface area contributed by atoms with Gasteiger partial charge in [0.05, 0.1) is 28.7 Å². The average molecular weight is 401 g/mol. The zero-order valence-electron chi connectivity index (χ0n) is 14.9. The monoisotopic (exact) mass is 400 g/mol. The third-order valence-electron chi connectivity index (χ3n) is 4.61. The Morgan fingerprint density at radius 3 is 3.04 bits per heavy atom. The molecule has 0 aliphatic carbocycles. The van der Waals surface area contributed by atoms with Crippen molar-refractivity contribution in [2.24, 2.45) is 0 Å². The first-order valence-electron chi connectivity index (χ1n) is 8.83. The lowest BCUT2D eigenvalue weighted by Gasteiger charge is -2.22. The predicted octanol–water partition coefficient (Wildman–Crippen LogP) is 3.02. The molecule has 2 amide bonds. The normalized spacial score (nSPS) is 16.8. The highest BCUT2D eigenvalue weighted by molar-refractivity contribution is 7.99. The zero-order valence-corrected chi connectivity index (χ0v) is 16.5. The van der Waals surface area contributed by atoms with Gasteiger partial charge in [0.1, 0.15) is 6.04 Å². The van der Waals surface area contributed by atoms with E-state index in [0.717, 1.165) is 28.0 Å². The van der Waals surface area contributed by atoms with Gasteiger partial charge in [-0.2, -0.15) is 0 Å². The third-order valence-corrected chi connectivity index (χ3v) is 6.67. The highest BCUT2D eigenvalue weighted by Crippen LogP contribution is 2.26. The highest BCUT2D eigenvalue weighted by Gasteiger charge is 2.35. The molecule has 140 valence electrons. The fourth-order valence-electron chi connectivity index (χ4n) is 3.15. The number of nitrogens with zero attached hydrogens (tertiary/aromatic N) is 2. The van der Waals surface area contributed by atoms with E-state index < -0.39 is 6.04 Å². The van der Waals surface area contributed by atoms with Gasteiger partial charge in [-0.3, -0.25) is 9.59 Å². The number of hydrogen-bond donors (Lipinski definition) is 2.